The van der Waals surface area contributed by atoms with Crippen LogP contribution in [0.5, 0.6) is 0 Å². The van der Waals surface area contributed by atoms with Gasteiger partial charge in [-0.3, -0.25) is 0 Å². The molecule has 0 aromatic carbocycles. The highest BCUT2D eigenvalue weighted by Gasteiger charge is 2.64. The van der Waals surface area contributed by atoms with Gasteiger partial charge in [-0.2, -0.15) is 9.98 Å². The Labute approximate surface area is 113 Å². The van der Waals surface area contributed by atoms with Gasteiger partial charge in [0.2, 0.25) is 5.66 Å². The van der Waals surface area contributed by atoms with E-state index in [1.54, 1.807) is 0 Å². The highest BCUT2D eigenvalue weighted by atomic mass is 15.3. The summed E-state index contributed by atoms with van der Waals surface area (Å²) >= 11 is 0. The normalized spacial score (nSPS) is 39.3. The third-order valence-electron chi connectivity index (χ3n) is 5.55. The van der Waals surface area contributed by atoms with Crippen molar-refractivity contribution in [2.75, 3.05) is 0 Å². The molecule has 4 nitrogen and oxygen atoms in total. The van der Waals surface area contributed by atoms with Gasteiger partial charge in [0.15, 0.2) is 0 Å². The van der Waals surface area contributed by atoms with Crippen LogP contribution in [0.2, 0.25) is 0 Å². The average Bonchev–Trinajstić information content (AvgIpc) is 2.83. The highest BCUT2D eigenvalue weighted by Crippen LogP contribution is 2.53. The van der Waals surface area contributed by atoms with Crippen molar-refractivity contribution in [3.8, 4) is 0 Å². The first-order valence-electron chi connectivity index (χ1n) is 7.73. The van der Waals surface area contributed by atoms with Gasteiger partial charge in [-0.1, -0.05) is 32.1 Å². The molecule has 0 saturated heterocycles. The lowest BCUT2D eigenvalue weighted by Gasteiger charge is -2.50. The van der Waals surface area contributed by atoms with Crippen molar-refractivity contribution in [1.29, 1.82) is 0 Å². The quantitative estimate of drug-likeness (QED) is 0.727. The van der Waals surface area contributed by atoms with E-state index < -0.39 is 0 Å². The summed E-state index contributed by atoms with van der Waals surface area (Å²) in [5.41, 5.74) is -0.552. The van der Waals surface area contributed by atoms with E-state index >= 15 is 0 Å². The molecule has 0 N–H and O–H groups in total. The van der Waals surface area contributed by atoms with Crippen molar-refractivity contribution >= 4 is 12.0 Å². The van der Waals surface area contributed by atoms with Crippen molar-refractivity contribution in [2.45, 2.75) is 75.0 Å². The van der Waals surface area contributed by atoms with E-state index in [2.05, 4.69) is 27.0 Å². The van der Waals surface area contributed by atoms with E-state index in [1.165, 1.54) is 44.9 Å². The summed E-state index contributed by atoms with van der Waals surface area (Å²) in [5.74, 6) is 0.543. The summed E-state index contributed by atoms with van der Waals surface area (Å²) in [6, 6.07) is 6.01. The first-order chi connectivity index (χ1) is 9.37. The molecule has 2 aliphatic carbocycles. The molecule has 2 fully saturated rings. The maximum absolute atomic E-state index is 4.71. The number of hydrogen-bond acceptors (Lipinski definition) is 4. The third kappa shape index (κ3) is 1.42. The summed E-state index contributed by atoms with van der Waals surface area (Å²) in [6.07, 6.45) is 11.1. The second kappa shape index (κ2) is 4.13. The first kappa shape index (κ1) is 11.6. The Morgan fingerprint density at radius 3 is 2.32 bits per heavy atom. The zero-order valence-electron chi connectivity index (χ0n) is 11.3. The van der Waals surface area contributed by atoms with Crippen LogP contribution in [-0.2, 0) is 0 Å². The van der Waals surface area contributed by atoms with Crippen molar-refractivity contribution in [1.82, 2.24) is 0 Å². The molecule has 0 radical (unpaired) electrons. The molecule has 0 spiro atoms. The van der Waals surface area contributed by atoms with Crippen molar-refractivity contribution < 1.29 is 0 Å². The minimum Gasteiger partial charge on any atom is -0.219 e. The molecule has 19 heavy (non-hydrogen) atoms. The number of nitrogens with zero attached hydrogens (tertiary/aromatic N) is 4. The highest BCUT2D eigenvalue weighted by molar-refractivity contribution is 5.57. The molecule has 0 amide bonds. The molecule has 2 unspecified atom stereocenters. The standard InChI is InChI=1S/C15H20N4/c1-2-6-12(7-3-1)15(18-11-19-15)14-9-5-4-8-13(14)16-10-17-14/h12-13H,1-9H2. The van der Waals surface area contributed by atoms with Gasteiger partial charge in [0.1, 0.15) is 5.54 Å². The molecular formula is C15H20N4. The maximum Gasteiger partial charge on any atom is 0.201 e. The molecular weight excluding hydrogens is 236 g/mol. The molecule has 4 rings (SSSR count). The monoisotopic (exact) mass is 256 g/mol. The minimum atomic E-state index is -0.342. The largest absolute Gasteiger partial charge is 0.219 e. The van der Waals surface area contributed by atoms with E-state index in [9.17, 15) is 0 Å². The molecule has 2 heterocycles. The summed E-state index contributed by atoms with van der Waals surface area (Å²) in [4.78, 5) is 18.6. The Bertz CT molecular complexity index is 496. The van der Waals surface area contributed by atoms with Crippen LogP contribution in [0.4, 0.5) is 0 Å². The zero-order valence-corrected chi connectivity index (χ0v) is 11.3. The fourth-order valence-corrected chi connectivity index (χ4v) is 4.53. The second-order valence-electron chi connectivity index (χ2n) is 6.41. The second-order valence-corrected chi connectivity index (χ2v) is 6.41. The van der Waals surface area contributed by atoms with Gasteiger partial charge >= 0.3 is 0 Å². The van der Waals surface area contributed by atoms with Crippen LogP contribution < -0.4 is 0 Å². The lowest BCUT2D eigenvalue weighted by molar-refractivity contribution is 0.0713. The minimum absolute atomic E-state index is 0.210. The Morgan fingerprint density at radius 2 is 1.58 bits per heavy atom. The fraction of sp³-hybridized carbons (Fsp3) is 0.867. The van der Waals surface area contributed by atoms with E-state index in [0.29, 0.717) is 5.92 Å². The number of fused-ring (bicyclic) bond motifs is 1. The zero-order chi connectivity index (χ0) is 12.8. The van der Waals surface area contributed by atoms with Gasteiger partial charge in [-0.05, 0) is 25.7 Å². The topological polar surface area (TPSA) is 49.4 Å². The molecule has 4 heteroatoms. The molecule has 4 aliphatic rings. The van der Waals surface area contributed by atoms with Gasteiger partial charge in [0, 0.05) is 5.92 Å². The lowest BCUT2D eigenvalue weighted by Crippen LogP contribution is -2.62. The first-order valence-corrected chi connectivity index (χ1v) is 7.73. The van der Waals surface area contributed by atoms with Crippen LogP contribution in [0.1, 0.15) is 57.8 Å². The molecule has 2 atom stereocenters. The number of rotatable bonds is 2. The summed E-state index contributed by atoms with van der Waals surface area (Å²) in [6.45, 7) is 0. The summed E-state index contributed by atoms with van der Waals surface area (Å²) < 4.78 is 0. The van der Waals surface area contributed by atoms with Crippen LogP contribution in [0.3, 0.4) is 0 Å². The van der Waals surface area contributed by atoms with Crippen molar-refractivity contribution in [2.24, 2.45) is 25.9 Å². The van der Waals surface area contributed by atoms with Gasteiger partial charge in [-0.25, -0.2) is 9.98 Å². The summed E-state index contributed by atoms with van der Waals surface area (Å²) in [7, 11) is 0. The van der Waals surface area contributed by atoms with E-state index in [1.807, 2.05) is 0 Å². The molecule has 0 bridgehead atoms. The van der Waals surface area contributed by atoms with E-state index in [4.69, 9.17) is 4.99 Å². The van der Waals surface area contributed by atoms with Crippen molar-refractivity contribution in [3.05, 3.63) is 0 Å². The Balaban J connectivity index is 1.71. The Hall–Kier alpha value is -1.24. The predicted octanol–water partition coefficient (Wildman–Crippen LogP) is 3.32. The molecule has 100 valence electrons. The SMILES string of the molecule is C1=NC2CCCCC2(C2(C3CCCCC3)N=C=N2)N=1. The molecule has 0 aromatic rings. The van der Waals surface area contributed by atoms with E-state index in [0.717, 1.165) is 12.8 Å². The van der Waals surface area contributed by atoms with E-state index in [-0.39, 0.29) is 17.2 Å². The van der Waals surface area contributed by atoms with Crippen LogP contribution >= 0.6 is 0 Å². The number of hydrogen-bond donors (Lipinski definition) is 0. The fourth-order valence-electron chi connectivity index (χ4n) is 4.53. The molecule has 2 aliphatic heterocycles. The lowest BCUT2D eigenvalue weighted by atomic mass is 9.62. The van der Waals surface area contributed by atoms with Crippen LogP contribution in [0.25, 0.3) is 0 Å². The Kier molecular flexibility index (Phi) is 2.51. The molecule has 2 saturated carbocycles. The van der Waals surface area contributed by atoms with Gasteiger partial charge in [-0.15, -0.1) is 0 Å². The molecule has 0 aromatic heterocycles. The number of aliphatic imine (C=N–C) groups is 4. The van der Waals surface area contributed by atoms with Crippen LogP contribution in [-0.4, -0.2) is 29.3 Å². The average molecular weight is 256 g/mol. The van der Waals surface area contributed by atoms with Crippen LogP contribution in [0, 0.1) is 5.92 Å². The van der Waals surface area contributed by atoms with Gasteiger partial charge in [0.25, 0.3) is 0 Å². The van der Waals surface area contributed by atoms with Gasteiger partial charge in [0.05, 0.1) is 18.1 Å². The smallest absolute Gasteiger partial charge is 0.201 e. The third-order valence-corrected chi connectivity index (χ3v) is 5.55. The van der Waals surface area contributed by atoms with Crippen molar-refractivity contribution in [3.63, 3.8) is 0 Å². The summed E-state index contributed by atoms with van der Waals surface area (Å²) in [5, 5.41) is 0. The van der Waals surface area contributed by atoms with Crippen LogP contribution in [0.15, 0.2) is 20.0 Å². The Morgan fingerprint density at radius 1 is 0.789 bits per heavy atom. The maximum atomic E-state index is 4.71. The predicted molar refractivity (Wildman–Crippen MR) is 74.0 cm³/mol. The van der Waals surface area contributed by atoms with Gasteiger partial charge < -0.3 is 0 Å².